The third-order valence-corrected chi connectivity index (χ3v) is 11.5. The number of para-hydroxylation sites is 3. The molecule has 7 aromatic carbocycles. The van der Waals surface area contributed by atoms with Crippen LogP contribution in [0.4, 0.5) is 0 Å². The van der Waals surface area contributed by atoms with Crippen molar-refractivity contribution in [1.82, 2.24) is 19.8 Å². The molecule has 2 N–H and O–H groups in total. The molecule has 2 unspecified atom stereocenters. The second-order valence-electron chi connectivity index (χ2n) is 14.8. The van der Waals surface area contributed by atoms with Crippen molar-refractivity contribution in [3.8, 4) is 16.8 Å². The van der Waals surface area contributed by atoms with Crippen LogP contribution in [-0.4, -0.2) is 15.0 Å². The van der Waals surface area contributed by atoms with Crippen molar-refractivity contribution in [2.45, 2.75) is 25.3 Å². The molecular formula is C51H39N5. The molecule has 0 fully saturated rings. The molecule has 0 saturated heterocycles. The SMILES string of the molecule is C1=CCCC(c2cccc(C3=NC(n4c5ccccc5c5cc(-c6ccc7c(c6)c6ccccc6n7-c6ccccc6)ccc54)NC(c4ccccc4)N3)c2)=C1. The summed E-state index contributed by atoms with van der Waals surface area (Å²) < 4.78 is 4.75. The van der Waals surface area contributed by atoms with E-state index in [9.17, 15) is 0 Å². The van der Waals surface area contributed by atoms with Crippen molar-refractivity contribution in [3.05, 3.63) is 205 Å². The van der Waals surface area contributed by atoms with Gasteiger partial charge in [0.25, 0.3) is 0 Å². The standard InChI is InChI=1S/C51H39N5/c1-4-15-34(16-5-1)36-19-14-20-39(31-36)50-52-49(35-17-6-2-7-18-35)53-51(54-50)56-46-26-13-11-24-42(46)44-33-38(28-30-48(44)56)37-27-29-47-43(32-37)41-23-10-12-25-45(41)55(47)40-21-8-3-9-22-40/h1-4,6-15,17-33,49,51,53H,5,16H2,(H,52,54). The Morgan fingerprint density at radius 2 is 1.14 bits per heavy atom. The molecule has 56 heavy (non-hydrogen) atoms. The highest BCUT2D eigenvalue weighted by Crippen LogP contribution is 2.39. The number of aromatic nitrogens is 2. The molecule has 5 heteroatoms. The van der Waals surface area contributed by atoms with E-state index in [1.54, 1.807) is 0 Å². The molecule has 2 aromatic heterocycles. The summed E-state index contributed by atoms with van der Waals surface area (Å²) in [5.74, 6) is 0.877. The van der Waals surface area contributed by atoms with Gasteiger partial charge in [0.05, 0.1) is 22.1 Å². The van der Waals surface area contributed by atoms with Crippen LogP contribution >= 0.6 is 0 Å². The fourth-order valence-electron chi connectivity index (χ4n) is 8.80. The lowest BCUT2D eigenvalue weighted by atomic mass is 9.96. The average Bonchev–Trinajstić information content (AvgIpc) is 3.79. The minimum Gasteiger partial charge on any atom is -0.350 e. The van der Waals surface area contributed by atoms with Gasteiger partial charge in [-0.3, -0.25) is 5.32 Å². The number of fused-ring (bicyclic) bond motifs is 6. The van der Waals surface area contributed by atoms with Gasteiger partial charge in [-0.2, -0.15) is 0 Å². The molecule has 1 aliphatic carbocycles. The first-order chi connectivity index (χ1) is 27.8. The number of hydrogen-bond donors (Lipinski definition) is 2. The summed E-state index contributed by atoms with van der Waals surface area (Å²) in [5, 5.41) is 12.6. The molecule has 0 saturated carbocycles. The van der Waals surface area contributed by atoms with Crippen molar-refractivity contribution < 1.29 is 0 Å². The molecule has 268 valence electrons. The Hall–Kier alpha value is -6.95. The summed E-state index contributed by atoms with van der Waals surface area (Å²) in [7, 11) is 0. The Bertz CT molecular complexity index is 3040. The van der Waals surface area contributed by atoms with Gasteiger partial charge in [0.2, 0.25) is 0 Å². The zero-order chi connectivity index (χ0) is 37.0. The Kier molecular flexibility index (Phi) is 7.78. The molecule has 0 bridgehead atoms. The quantitative estimate of drug-likeness (QED) is 0.180. The second kappa shape index (κ2) is 13.4. The van der Waals surface area contributed by atoms with E-state index in [0.29, 0.717) is 0 Å². The summed E-state index contributed by atoms with van der Waals surface area (Å²) in [6.45, 7) is 0. The van der Waals surface area contributed by atoms with Gasteiger partial charge in [0.1, 0.15) is 12.0 Å². The number of amidine groups is 1. The van der Waals surface area contributed by atoms with Gasteiger partial charge in [-0.25, -0.2) is 4.99 Å². The van der Waals surface area contributed by atoms with Crippen LogP contribution < -0.4 is 10.6 Å². The molecule has 5 nitrogen and oxygen atoms in total. The lowest BCUT2D eigenvalue weighted by molar-refractivity contribution is 0.341. The second-order valence-corrected chi connectivity index (χ2v) is 14.8. The van der Waals surface area contributed by atoms with E-state index in [-0.39, 0.29) is 12.5 Å². The van der Waals surface area contributed by atoms with E-state index < -0.39 is 0 Å². The highest BCUT2D eigenvalue weighted by Gasteiger charge is 2.28. The van der Waals surface area contributed by atoms with Crippen molar-refractivity contribution in [2.24, 2.45) is 4.99 Å². The van der Waals surface area contributed by atoms with Gasteiger partial charge in [-0.1, -0.05) is 133 Å². The van der Waals surface area contributed by atoms with Crippen LogP contribution in [0, 0.1) is 0 Å². The number of benzene rings is 7. The summed E-state index contributed by atoms with van der Waals surface area (Å²) in [5.41, 5.74) is 13.1. The number of allylic oxidation sites excluding steroid dienone is 4. The topological polar surface area (TPSA) is 46.3 Å². The number of nitrogens with one attached hydrogen (secondary N) is 2. The molecule has 11 rings (SSSR count). The van der Waals surface area contributed by atoms with E-state index >= 15 is 0 Å². The van der Waals surface area contributed by atoms with Gasteiger partial charge >= 0.3 is 0 Å². The Balaban J connectivity index is 1.05. The van der Waals surface area contributed by atoms with E-state index in [4.69, 9.17) is 4.99 Å². The molecule has 9 aromatic rings. The average molecular weight is 722 g/mol. The predicted octanol–water partition coefficient (Wildman–Crippen LogP) is 12.1. The third kappa shape index (κ3) is 5.47. The Morgan fingerprint density at radius 3 is 1.91 bits per heavy atom. The van der Waals surface area contributed by atoms with Crippen LogP contribution in [0.3, 0.4) is 0 Å². The first kappa shape index (κ1) is 32.5. The lowest BCUT2D eigenvalue weighted by Crippen LogP contribution is -2.46. The molecule has 2 aliphatic rings. The normalized spacial score (nSPS) is 17.0. The Labute approximate surface area is 325 Å². The van der Waals surface area contributed by atoms with Gasteiger partial charge in [0.15, 0.2) is 6.29 Å². The molecule has 0 amide bonds. The number of rotatable bonds is 6. The van der Waals surface area contributed by atoms with E-state index in [1.807, 2.05) is 0 Å². The van der Waals surface area contributed by atoms with Gasteiger partial charge in [0, 0.05) is 32.8 Å². The number of hydrogen-bond acceptors (Lipinski definition) is 3. The zero-order valence-electron chi connectivity index (χ0n) is 30.8. The van der Waals surface area contributed by atoms with Crippen LogP contribution in [0.5, 0.6) is 0 Å². The van der Waals surface area contributed by atoms with Crippen molar-refractivity contribution in [2.75, 3.05) is 0 Å². The summed E-state index contributed by atoms with van der Waals surface area (Å²) in [6, 6.07) is 61.4. The highest BCUT2D eigenvalue weighted by atomic mass is 15.4. The van der Waals surface area contributed by atoms with Crippen LogP contribution in [0.25, 0.3) is 66.0 Å². The van der Waals surface area contributed by atoms with Gasteiger partial charge in [-0.05, 0) is 95.3 Å². The van der Waals surface area contributed by atoms with Crippen molar-refractivity contribution >= 4 is 55.0 Å². The van der Waals surface area contributed by atoms with E-state index in [0.717, 1.165) is 40.8 Å². The maximum absolute atomic E-state index is 5.45. The van der Waals surface area contributed by atoms with Crippen LogP contribution in [0.15, 0.2) is 193 Å². The van der Waals surface area contributed by atoms with Crippen molar-refractivity contribution in [1.29, 1.82) is 0 Å². The predicted molar refractivity (Wildman–Crippen MR) is 233 cm³/mol. The fraction of sp³-hybridized carbons (Fsp3) is 0.0784. The van der Waals surface area contributed by atoms with Gasteiger partial charge in [-0.15, -0.1) is 0 Å². The summed E-state index contributed by atoms with van der Waals surface area (Å²) >= 11 is 0. The number of nitrogens with zero attached hydrogens (tertiary/aromatic N) is 3. The molecule has 0 spiro atoms. The van der Waals surface area contributed by atoms with Crippen LogP contribution in [0.1, 0.15) is 42.0 Å². The van der Waals surface area contributed by atoms with E-state index in [2.05, 4.69) is 208 Å². The molecule has 2 atom stereocenters. The largest absolute Gasteiger partial charge is 0.350 e. The monoisotopic (exact) mass is 721 g/mol. The van der Waals surface area contributed by atoms with Gasteiger partial charge < -0.3 is 14.5 Å². The molecular weight excluding hydrogens is 683 g/mol. The van der Waals surface area contributed by atoms with Crippen LogP contribution in [-0.2, 0) is 0 Å². The first-order valence-corrected chi connectivity index (χ1v) is 19.5. The smallest absolute Gasteiger partial charge is 0.184 e. The summed E-state index contributed by atoms with van der Waals surface area (Å²) in [6.07, 6.45) is 8.26. The zero-order valence-corrected chi connectivity index (χ0v) is 30.8. The molecule has 3 heterocycles. The van der Waals surface area contributed by atoms with Crippen LogP contribution in [0.2, 0.25) is 0 Å². The molecule has 1 aliphatic heterocycles. The minimum absolute atomic E-state index is 0.144. The summed E-state index contributed by atoms with van der Waals surface area (Å²) in [4.78, 5) is 5.45. The maximum Gasteiger partial charge on any atom is 0.184 e. The maximum atomic E-state index is 5.45. The molecule has 0 radical (unpaired) electrons. The highest BCUT2D eigenvalue weighted by molar-refractivity contribution is 6.12. The minimum atomic E-state index is -0.356. The number of aliphatic imine (C=N–C) groups is 1. The van der Waals surface area contributed by atoms with E-state index in [1.165, 1.54) is 60.5 Å². The lowest BCUT2D eigenvalue weighted by Gasteiger charge is -2.33. The van der Waals surface area contributed by atoms with Crippen molar-refractivity contribution in [3.63, 3.8) is 0 Å². The third-order valence-electron chi connectivity index (χ3n) is 11.5. The Morgan fingerprint density at radius 1 is 0.518 bits per heavy atom. The first-order valence-electron chi connectivity index (χ1n) is 19.5. The fourth-order valence-corrected chi connectivity index (χ4v) is 8.80.